The van der Waals surface area contributed by atoms with E-state index in [1.807, 2.05) is 12.1 Å². The van der Waals surface area contributed by atoms with Crippen molar-refractivity contribution in [3.8, 4) is 33.4 Å². The van der Waals surface area contributed by atoms with Crippen LogP contribution in [0.1, 0.15) is 102 Å². The summed E-state index contributed by atoms with van der Waals surface area (Å²) >= 11 is 10.8. The Morgan fingerprint density at radius 3 is 1.47 bits per heavy atom. The van der Waals surface area contributed by atoms with Gasteiger partial charge in [-0.05, 0) is 0 Å². The van der Waals surface area contributed by atoms with Crippen LogP contribution in [0.15, 0.2) is 78.9 Å². The summed E-state index contributed by atoms with van der Waals surface area (Å²) in [5, 5.41) is 1.71. The molecule has 0 saturated carbocycles. The minimum absolute atomic E-state index is 0.380. The summed E-state index contributed by atoms with van der Waals surface area (Å²) in [5.74, 6) is 0. The van der Waals surface area contributed by atoms with Crippen LogP contribution in [0, 0.1) is 41.5 Å². The van der Waals surface area contributed by atoms with Gasteiger partial charge in [0.1, 0.15) is 0 Å². The number of allylic oxidation sites excluding steroid dienone is 1. The Bertz CT molecular complexity index is 2030. The van der Waals surface area contributed by atoms with Crippen molar-refractivity contribution in [3.63, 3.8) is 0 Å². The number of rotatable bonds is 10. The molecule has 2 aliphatic carbocycles. The van der Waals surface area contributed by atoms with Gasteiger partial charge in [-0.15, -0.1) is 0 Å². The van der Waals surface area contributed by atoms with Gasteiger partial charge in [-0.25, -0.2) is 0 Å². The Morgan fingerprint density at radius 1 is 0.569 bits per heavy atom. The fourth-order valence-corrected chi connectivity index (χ4v) is 28.0. The molecule has 1 atom stereocenters. The van der Waals surface area contributed by atoms with E-state index in [4.69, 9.17) is 23.2 Å². The summed E-state index contributed by atoms with van der Waals surface area (Å²) in [7, 11) is 0. The number of halogens is 2. The Balaban J connectivity index is 1.52. The third kappa shape index (κ3) is 6.39. The molecule has 0 spiro atoms. The Kier molecular flexibility index (Phi) is 10.5. The van der Waals surface area contributed by atoms with Gasteiger partial charge < -0.3 is 0 Å². The van der Waals surface area contributed by atoms with Crippen molar-refractivity contribution in [1.82, 2.24) is 0 Å². The second-order valence-electron chi connectivity index (χ2n) is 15.7. The number of unbranched alkanes of at least 4 members (excludes halogenated alkanes) is 2. The predicted octanol–water partition coefficient (Wildman–Crippen LogP) is 15.6. The molecule has 51 heavy (non-hydrogen) atoms. The molecule has 0 heterocycles. The molecule has 0 amide bonds. The maximum atomic E-state index is 7.21. The van der Waals surface area contributed by atoms with E-state index in [1.165, 1.54) is 106 Å². The zero-order valence-corrected chi connectivity index (χ0v) is 35.7. The summed E-state index contributed by atoms with van der Waals surface area (Å²) in [6, 6.07) is 28.4. The molecule has 262 valence electrons. The SMILES string of the molecule is CCC[CH2][Zr]([CH2]CCC)([CH]1C=Cc2c(Cl)ccc(Cl)c21)[CH]1c2ccc(-c3c(C)cc(C)cc3C)cc2-c2cc(-c3c(C)cc(C)cc3C)ccc21. The molecular weight excluding hydrogens is 739 g/mol. The van der Waals surface area contributed by atoms with Gasteiger partial charge in [-0.3, -0.25) is 0 Å². The second kappa shape index (κ2) is 14.6. The molecule has 2 aliphatic rings. The van der Waals surface area contributed by atoms with Crippen molar-refractivity contribution in [1.29, 1.82) is 0 Å². The average Bonchev–Trinajstić information content (AvgIpc) is 3.68. The first-order valence-electron chi connectivity index (χ1n) is 19.1. The minimum atomic E-state index is -3.38. The monoisotopic (exact) mass is 788 g/mol. The van der Waals surface area contributed by atoms with Gasteiger partial charge in [-0.1, -0.05) is 0 Å². The van der Waals surface area contributed by atoms with Crippen LogP contribution in [0.3, 0.4) is 0 Å². The molecule has 0 radical (unpaired) electrons. The molecule has 0 saturated heterocycles. The fourth-order valence-electron chi connectivity index (χ4n) is 10.2. The van der Waals surface area contributed by atoms with Crippen molar-refractivity contribution in [2.75, 3.05) is 0 Å². The number of hydrogen-bond donors (Lipinski definition) is 0. The van der Waals surface area contributed by atoms with Crippen LogP contribution in [0.5, 0.6) is 0 Å². The van der Waals surface area contributed by atoms with E-state index in [2.05, 4.69) is 128 Å². The Hall–Kier alpha value is -2.70. The molecule has 5 aromatic carbocycles. The van der Waals surface area contributed by atoms with Gasteiger partial charge in [-0.2, -0.15) is 0 Å². The zero-order valence-electron chi connectivity index (χ0n) is 31.7. The van der Waals surface area contributed by atoms with Gasteiger partial charge in [0.25, 0.3) is 0 Å². The van der Waals surface area contributed by atoms with Crippen LogP contribution >= 0.6 is 23.2 Å². The molecule has 0 nitrogen and oxygen atoms in total. The van der Waals surface area contributed by atoms with Crippen LogP contribution in [-0.4, -0.2) is 0 Å². The topological polar surface area (TPSA) is 0 Å². The summed E-state index contributed by atoms with van der Waals surface area (Å²) in [5.41, 5.74) is 21.9. The van der Waals surface area contributed by atoms with E-state index in [1.54, 1.807) is 11.1 Å². The van der Waals surface area contributed by atoms with E-state index < -0.39 is 20.3 Å². The van der Waals surface area contributed by atoms with Gasteiger partial charge in [0.2, 0.25) is 0 Å². The molecule has 0 N–H and O–H groups in total. The molecule has 0 bridgehead atoms. The van der Waals surface area contributed by atoms with Gasteiger partial charge in [0.15, 0.2) is 0 Å². The third-order valence-corrected chi connectivity index (χ3v) is 27.6. The van der Waals surface area contributed by atoms with E-state index in [9.17, 15) is 0 Å². The summed E-state index contributed by atoms with van der Waals surface area (Å²) < 4.78 is 3.48. The predicted molar refractivity (Wildman–Crippen MR) is 221 cm³/mol. The molecule has 7 rings (SSSR count). The van der Waals surface area contributed by atoms with Crippen molar-refractivity contribution >= 4 is 29.3 Å². The van der Waals surface area contributed by atoms with Crippen LogP contribution in [0.25, 0.3) is 39.5 Å². The maximum absolute atomic E-state index is 7.21. The summed E-state index contributed by atoms with van der Waals surface area (Å²) in [4.78, 5) is 0. The molecule has 0 aliphatic heterocycles. The van der Waals surface area contributed by atoms with Crippen molar-refractivity contribution < 1.29 is 20.3 Å². The molecule has 3 heteroatoms. The van der Waals surface area contributed by atoms with Crippen LogP contribution in [0.4, 0.5) is 0 Å². The van der Waals surface area contributed by atoms with Crippen molar-refractivity contribution in [2.24, 2.45) is 0 Å². The number of fused-ring (bicyclic) bond motifs is 4. The van der Waals surface area contributed by atoms with E-state index in [-0.39, 0.29) is 0 Å². The summed E-state index contributed by atoms with van der Waals surface area (Å²) in [6.45, 7) is 18.2. The third-order valence-electron chi connectivity index (χ3n) is 12.1. The van der Waals surface area contributed by atoms with Gasteiger partial charge in [0.05, 0.1) is 0 Å². The number of aryl methyl sites for hydroxylation is 6. The molecule has 0 fully saturated rings. The normalized spacial score (nSPS) is 15.0. The first-order valence-corrected chi connectivity index (χ1v) is 26.2. The van der Waals surface area contributed by atoms with E-state index in [0.717, 1.165) is 15.6 Å². The standard InChI is InChI=1S/C31H29.C9H5Cl2.2C4H9.Zr/c1-18-11-20(3)30(21(4)12-18)26-9-7-24-15-25-8-10-27(17-29(25)28(24)16-26)31-22(5)13-19(2)14-23(31)6;10-8-4-5-9(11)7-3-1-2-6(7)8;2*1-3-4-2;/h7-17H,1-6H3;1-5H;2*1,3-4H2,2H3;. The second-order valence-corrected chi connectivity index (χ2v) is 28.0. The average molecular weight is 791 g/mol. The zero-order chi connectivity index (χ0) is 36.2. The van der Waals surface area contributed by atoms with Gasteiger partial charge in [0, 0.05) is 0 Å². The quantitative estimate of drug-likeness (QED) is 0.132. The Labute approximate surface area is 321 Å². The first-order chi connectivity index (χ1) is 24.5. The van der Waals surface area contributed by atoms with Crippen LogP contribution in [-0.2, 0) is 20.3 Å². The summed E-state index contributed by atoms with van der Waals surface area (Å²) in [6.07, 6.45) is 9.80. The van der Waals surface area contributed by atoms with Crippen LogP contribution in [0.2, 0.25) is 18.3 Å². The van der Waals surface area contributed by atoms with Crippen molar-refractivity contribution in [2.45, 2.75) is 96.6 Å². The molecule has 5 aromatic rings. The van der Waals surface area contributed by atoms with Gasteiger partial charge >= 0.3 is 324 Å². The molecule has 0 aromatic heterocycles. The fraction of sp³-hybridized carbons (Fsp3) is 0.333. The Morgan fingerprint density at radius 2 is 1.02 bits per heavy atom. The number of hydrogen-bond acceptors (Lipinski definition) is 0. The van der Waals surface area contributed by atoms with E-state index >= 15 is 0 Å². The molecule has 1 unspecified atom stereocenters. The molecular formula is C48H52Cl2Zr. The van der Waals surface area contributed by atoms with Crippen molar-refractivity contribution in [3.05, 3.63) is 145 Å². The first kappa shape index (κ1) is 36.7. The number of benzene rings is 5. The van der Waals surface area contributed by atoms with E-state index in [0.29, 0.717) is 7.25 Å². The van der Waals surface area contributed by atoms with Crippen LogP contribution < -0.4 is 0 Å².